The van der Waals surface area contributed by atoms with Gasteiger partial charge in [0.15, 0.2) is 0 Å². The first-order valence-corrected chi connectivity index (χ1v) is 46.2. The van der Waals surface area contributed by atoms with Crippen LogP contribution in [-0.4, -0.2) is 172 Å². The summed E-state index contributed by atoms with van der Waals surface area (Å²) in [5, 5.41) is 0. The van der Waals surface area contributed by atoms with E-state index in [0.29, 0.717) is 0 Å². The van der Waals surface area contributed by atoms with Crippen molar-refractivity contribution in [3.05, 3.63) is 25.7 Å². The second-order valence-electron chi connectivity index (χ2n) is 16.7. The molecule has 0 aromatic rings. The van der Waals surface area contributed by atoms with Crippen molar-refractivity contribution in [3.8, 4) is 22.9 Å². The van der Waals surface area contributed by atoms with Crippen molar-refractivity contribution < 1.29 is 34.1 Å². The van der Waals surface area contributed by atoms with Crippen LogP contribution in [-0.2, 0) is 34.1 Å². The van der Waals surface area contributed by atoms with Crippen LogP contribution in [0.5, 0.6) is 0 Å². The minimum absolute atomic E-state index is 0. The van der Waals surface area contributed by atoms with E-state index in [9.17, 15) is 0 Å². The average Bonchev–Trinajstić information content (AvgIpc) is 2.94. The van der Waals surface area contributed by atoms with E-state index in [4.69, 9.17) is 25.7 Å². The van der Waals surface area contributed by atoms with Gasteiger partial charge in [-0.15, -0.1) is 0 Å². The van der Waals surface area contributed by atoms with Gasteiger partial charge in [0.1, 0.15) is 0 Å². The Morgan fingerprint density at radius 1 is 0.300 bits per heavy atom. The summed E-state index contributed by atoms with van der Waals surface area (Å²) in [5.41, 5.74) is 4.99. The second kappa shape index (κ2) is 52.2. The molecule has 0 spiro atoms. The first-order chi connectivity index (χ1) is 21.5. The number of rotatable bonds is 12. The molecule has 0 aliphatic carbocycles. The van der Waals surface area contributed by atoms with Crippen LogP contribution >= 0.6 is 63.4 Å². The van der Waals surface area contributed by atoms with Gasteiger partial charge in [0.05, 0.1) is 65.4 Å². The second-order valence-corrected chi connectivity index (χ2v) is 49.5. The zero-order valence-electron chi connectivity index (χ0n) is 37.4. The van der Waals surface area contributed by atoms with E-state index < -0.39 is 16.1 Å². The zero-order valence-corrected chi connectivity index (χ0v) is 49.8. The summed E-state index contributed by atoms with van der Waals surface area (Å²) >= 11 is 0. The Balaban J connectivity index is -0.0000000562. The normalized spacial score (nSPS) is 9.88. The molecule has 0 amide bonds. The fourth-order valence-corrected chi connectivity index (χ4v) is 18.0. The van der Waals surface area contributed by atoms with Gasteiger partial charge in [0.2, 0.25) is 0 Å². The van der Waals surface area contributed by atoms with E-state index in [1.165, 1.54) is 49.3 Å². The number of hydrogen-bond acceptors (Lipinski definition) is 0. The van der Waals surface area contributed by atoms with Gasteiger partial charge in [-0.2, -0.15) is 0 Å². The summed E-state index contributed by atoms with van der Waals surface area (Å²) < 4.78 is 0. The van der Waals surface area contributed by atoms with Crippen LogP contribution in [0.15, 0.2) is 0 Å². The Bertz CT molecular complexity index is 678. The molecule has 50 heavy (non-hydrogen) atoms. The third-order valence-electron chi connectivity index (χ3n) is 5.31. The molecule has 0 saturated heterocycles. The molecule has 2 radical (unpaired) electrons. The standard InChI is InChI=1S/4C6H16P2.2C5H9Si.C4.2Mn/c4*1-7(2)5-6-8(3)4;2*1-5-6(2,3)4;1-3-4-2;;/h4*5-6H2,1-4H3;2*2-4H3;;;/q;;;;2*-1;-2;2*+2/p+8. The van der Waals surface area contributed by atoms with Crippen LogP contribution in [0.25, 0.3) is 0 Å². The maximum absolute atomic E-state index is 6.67. The summed E-state index contributed by atoms with van der Waals surface area (Å²) in [7, 11) is -1.66. The third kappa shape index (κ3) is 142. The molecule has 0 aliphatic heterocycles. The van der Waals surface area contributed by atoms with E-state index in [1.807, 2.05) is 0 Å². The third-order valence-corrected chi connectivity index (χ3v) is 18.8. The topological polar surface area (TPSA) is 0 Å². The van der Waals surface area contributed by atoms with Crippen molar-refractivity contribution in [2.75, 3.05) is 156 Å². The van der Waals surface area contributed by atoms with Crippen LogP contribution < -0.4 is 0 Å². The largest absolute Gasteiger partial charge is 2.00 e. The van der Waals surface area contributed by atoms with Crippen molar-refractivity contribution >= 4 is 79.5 Å². The van der Waals surface area contributed by atoms with Gasteiger partial charge in [-0.05, 0) is 63.4 Å². The molecular weight excluding hydrogens is 870 g/mol. The molecule has 0 bridgehead atoms. The molecule has 296 valence electrons. The molecule has 0 aromatic carbocycles. The van der Waals surface area contributed by atoms with Gasteiger partial charge in [0, 0.05) is 107 Å². The molecule has 0 aliphatic rings. The Labute approximate surface area is 354 Å². The van der Waals surface area contributed by atoms with Gasteiger partial charge < -0.3 is 48.6 Å². The quantitative estimate of drug-likeness (QED) is 0.0791. The molecule has 0 fully saturated rings. The predicted molar refractivity (Wildman–Crippen MR) is 275 cm³/mol. The van der Waals surface area contributed by atoms with Crippen molar-refractivity contribution in [1.29, 1.82) is 0 Å². The first-order valence-electron chi connectivity index (χ1n) is 17.6. The Morgan fingerprint density at radius 2 is 0.380 bits per heavy atom. The summed E-state index contributed by atoms with van der Waals surface area (Å²) in [6.07, 6.45) is 37.4. The van der Waals surface area contributed by atoms with Crippen LogP contribution in [0.2, 0.25) is 39.3 Å². The van der Waals surface area contributed by atoms with Gasteiger partial charge >= 0.3 is 34.1 Å². The number of hydrogen-bond donors (Lipinski definition) is 0. The van der Waals surface area contributed by atoms with Gasteiger partial charge in [-0.1, -0.05) is 39.3 Å². The van der Waals surface area contributed by atoms with E-state index in [2.05, 4.69) is 157 Å². The Morgan fingerprint density at radius 3 is 0.400 bits per heavy atom. The summed E-state index contributed by atoms with van der Waals surface area (Å²) in [4.78, 5) is 0. The van der Waals surface area contributed by atoms with Crippen molar-refractivity contribution in [2.24, 2.45) is 0 Å². The molecular formula is C38H90Mn2P8Si2+8. The Hall–Kier alpha value is 3.15. The average molecular weight is 961 g/mol. The summed E-state index contributed by atoms with van der Waals surface area (Å²) in [5.74, 6) is 3.19. The molecule has 12 heteroatoms. The maximum atomic E-state index is 6.67. The molecule has 0 N–H and O–H groups in total. The minimum atomic E-state index is -1.21. The fraction of sp³-hybridized carbons (Fsp3) is 0.789. The molecule has 0 saturated carbocycles. The minimum Gasteiger partial charge on any atom is -0.701 e. The van der Waals surface area contributed by atoms with E-state index in [0.717, 1.165) is 0 Å². The molecule has 0 rings (SSSR count). The SMILES string of the molecule is C[PH+](C)CC[PH+](C)C.C[PH+](C)CC[PH+](C)C.C[PH+](C)CC[PH+](C)C.C[PH+](C)CC[PH+](C)C.[C-]#CC#[C-].[C-]#C[Si](C)(C)C.[C-]#C[Si](C)(C)C.[Mn+2].[Mn+2]. The zero-order chi connectivity index (χ0) is 40.1. The van der Waals surface area contributed by atoms with Crippen LogP contribution in [0.3, 0.4) is 0 Å². The smallest absolute Gasteiger partial charge is 0.701 e. The molecule has 0 unspecified atom stereocenters. The van der Waals surface area contributed by atoms with Crippen molar-refractivity contribution in [2.45, 2.75) is 39.3 Å². The monoisotopic (exact) mass is 960 g/mol. The maximum Gasteiger partial charge on any atom is 2.00 e. The summed E-state index contributed by atoms with van der Waals surface area (Å²) in [6, 6.07) is 0. The molecule has 0 nitrogen and oxygen atoms in total. The van der Waals surface area contributed by atoms with E-state index in [1.54, 1.807) is 11.8 Å². The summed E-state index contributed by atoms with van der Waals surface area (Å²) in [6.45, 7) is 50.9. The predicted octanol–water partition coefficient (Wildman–Crippen LogP) is 10.8. The fourth-order valence-electron chi connectivity index (χ4n) is 2.00. The van der Waals surface area contributed by atoms with Crippen molar-refractivity contribution in [1.82, 2.24) is 0 Å². The van der Waals surface area contributed by atoms with Crippen LogP contribution in [0.4, 0.5) is 0 Å². The van der Waals surface area contributed by atoms with Crippen LogP contribution in [0, 0.1) is 48.6 Å². The van der Waals surface area contributed by atoms with Gasteiger partial charge in [-0.25, -0.2) is 0 Å². The first kappa shape index (κ1) is 74.2. The van der Waals surface area contributed by atoms with Crippen molar-refractivity contribution in [3.63, 3.8) is 0 Å². The van der Waals surface area contributed by atoms with Crippen LogP contribution in [0.1, 0.15) is 0 Å². The van der Waals surface area contributed by atoms with E-state index in [-0.39, 0.29) is 97.5 Å². The molecule has 0 heterocycles. The molecule has 0 aromatic heterocycles. The Kier molecular flexibility index (Phi) is 77.4. The molecule has 0 atom stereocenters. The van der Waals surface area contributed by atoms with Gasteiger partial charge in [-0.3, -0.25) is 0 Å². The van der Waals surface area contributed by atoms with Gasteiger partial charge in [0.25, 0.3) is 0 Å². The van der Waals surface area contributed by atoms with E-state index >= 15 is 0 Å².